The van der Waals surface area contributed by atoms with Crippen molar-refractivity contribution in [3.63, 3.8) is 0 Å². The van der Waals surface area contributed by atoms with Crippen LogP contribution in [0.3, 0.4) is 0 Å². The van der Waals surface area contributed by atoms with Crippen LogP contribution in [-0.2, 0) is 4.57 Å². The van der Waals surface area contributed by atoms with E-state index in [2.05, 4.69) is 6.92 Å². The Morgan fingerprint density at radius 2 is 1.28 bits per heavy atom. The molecule has 7 nitrogen and oxygen atoms in total. The smallest absolute Gasteiger partial charge is 0.396 e. The number of hydrogen-bond donors (Lipinski definition) is 6. The highest BCUT2D eigenvalue weighted by atomic mass is 31.2. The number of aliphatic hydroxyl groups is 3. The summed E-state index contributed by atoms with van der Waals surface area (Å²) in [6, 6.07) is 0. The van der Waals surface area contributed by atoms with E-state index in [0.29, 0.717) is 6.42 Å². The first-order valence-corrected chi connectivity index (χ1v) is 7.42. The summed E-state index contributed by atoms with van der Waals surface area (Å²) >= 11 is 0. The van der Waals surface area contributed by atoms with E-state index in [9.17, 15) is 0 Å². The molecule has 0 radical (unpaired) electrons. The van der Waals surface area contributed by atoms with Crippen LogP contribution in [0.1, 0.15) is 39.0 Å². The first-order valence-electron chi connectivity index (χ1n) is 5.85. The predicted molar refractivity (Wildman–Crippen MR) is 66.7 cm³/mol. The van der Waals surface area contributed by atoms with Crippen molar-refractivity contribution in [3.05, 3.63) is 0 Å². The van der Waals surface area contributed by atoms with Crippen LogP contribution in [0.5, 0.6) is 0 Å². The fourth-order valence-corrected chi connectivity index (χ4v) is 1.31. The zero-order chi connectivity index (χ0) is 14.7. The standard InChI is InChI=1S/C10H22O3.H3O4P/c1-2-3-4-5-6-10(7-11,8-12)9-13;1-5(2,3)4/h11-13H,2-9H2,1H3;(H3,1,2,3,4). The summed E-state index contributed by atoms with van der Waals surface area (Å²) in [5, 5.41) is 27.0. The van der Waals surface area contributed by atoms with Gasteiger partial charge in [0.2, 0.25) is 0 Å². The van der Waals surface area contributed by atoms with E-state index < -0.39 is 13.2 Å². The Kier molecular flexibility index (Phi) is 12.3. The molecule has 0 aromatic heterocycles. The molecule has 6 N–H and O–H groups in total. The molecule has 0 fully saturated rings. The topological polar surface area (TPSA) is 138 Å². The fourth-order valence-electron chi connectivity index (χ4n) is 1.31. The Labute approximate surface area is 107 Å². The van der Waals surface area contributed by atoms with E-state index in [-0.39, 0.29) is 19.8 Å². The third-order valence-corrected chi connectivity index (χ3v) is 2.57. The zero-order valence-electron chi connectivity index (χ0n) is 10.7. The summed E-state index contributed by atoms with van der Waals surface area (Å²) in [5.41, 5.74) is -0.659. The van der Waals surface area contributed by atoms with Gasteiger partial charge < -0.3 is 30.0 Å². The van der Waals surface area contributed by atoms with E-state index in [0.717, 1.165) is 12.8 Å². The second kappa shape index (κ2) is 10.9. The Morgan fingerprint density at radius 3 is 1.56 bits per heavy atom. The third-order valence-electron chi connectivity index (χ3n) is 2.57. The lowest BCUT2D eigenvalue weighted by atomic mass is 9.85. The molecule has 0 bridgehead atoms. The molecule has 0 spiro atoms. The maximum Gasteiger partial charge on any atom is 0.466 e. The van der Waals surface area contributed by atoms with Gasteiger partial charge in [0.05, 0.1) is 19.8 Å². The summed E-state index contributed by atoms with van der Waals surface area (Å²) in [7, 11) is -4.64. The first kappa shape index (κ1) is 20.3. The molecule has 0 atom stereocenters. The van der Waals surface area contributed by atoms with Crippen molar-refractivity contribution >= 4 is 7.82 Å². The first-order chi connectivity index (χ1) is 8.24. The molecular weight excluding hydrogens is 263 g/mol. The van der Waals surface area contributed by atoms with Gasteiger partial charge in [0.1, 0.15) is 0 Å². The molecule has 0 heterocycles. The molecule has 8 heteroatoms. The second-order valence-corrected chi connectivity index (χ2v) is 5.32. The van der Waals surface area contributed by atoms with Gasteiger partial charge in [0, 0.05) is 5.41 Å². The Balaban J connectivity index is 0. The van der Waals surface area contributed by atoms with Crippen LogP contribution in [0.25, 0.3) is 0 Å². The number of unbranched alkanes of at least 4 members (excludes halogenated alkanes) is 3. The van der Waals surface area contributed by atoms with Crippen LogP contribution in [0, 0.1) is 5.41 Å². The van der Waals surface area contributed by atoms with Crippen LogP contribution < -0.4 is 0 Å². The SMILES string of the molecule is CCCCCCC(CO)(CO)CO.O=P(O)(O)O. The maximum absolute atomic E-state index is 9.01. The molecule has 0 aromatic carbocycles. The van der Waals surface area contributed by atoms with E-state index in [4.69, 9.17) is 34.6 Å². The van der Waals surface area contributed by atoms with Crippen LogP contribution in [0.2, 0.25) is 0 Å². The van der Waals surface area contributed by atoms with E-state index in [1.807, 2.05) is 0 Å². The average Bonchev–Trinajstić information content (AvgIpc) is 2.28. The fraction of sp³-hybridized carbons (Fsp3) is 1.00. The molecule has 0 aliphatic rings. The lowest BCUT2D eigenvalue weighted by molar-refractivity contribution is -0.00228. The van der Waals surface area contributed by atoms with Crippen molar-refractivity contribution in [2.24, 2.45) is 5.41 Å². The summed E-state index contributed by atoms with van der Waals surface area (Å²) in [5.74, 6) is 0. The molecule has 0 amide bonds. The molecule has 18 heavy (non-hydrogen) atoms. The van der Waals surface area contributed by atoms with Crippen molar-refractivity contribution in [2.75, 3.05) is 19.8 Å². The van der Waals surface area contributed by atoms with Crippen molar-refractivity contribution in [1.29, 1.82) is 0 Å². The average molecular weight is 288 g/mol. The normalized spacial score (nSPS) is 11.9. The van der Waals surface area contributed by atoms with Crippen molar-refractivity contribution in [2.45, 2.75) is 39.0 Å². The van der Waals surface area contributed by atoms with Crippen LogP contribution in [0.4, 0.5) is 0 Å². The highest BCUT2D eigenvalue weighted by Gasteiger charge is 2.26. The quantitative estimate of drug-likeness (QED) is 0.273. The number of hydrogen-bond acceptors (Lipinski definition) is 4. The molecule has 0 aliphatic carbocycles. The van der Waals surface area contributed by atoms with E-state index >= 15 is 0 Å². The predicted octanol–water partition coefficient (Wildman–Crippen LogP) is -0.00850. The number of phosphoric acid groups is 1. The van der Waals surface area contributed by atoms with Crippen LogP contribution in [0.15, 0.2) is 0 Å². The van der Waals surface area contributed by atoms with Crippen molar-refractivity contribution in [3.8, 4) is 0 Å². The van der Waals surface area contributed by atoms with Gasteiger partial charge in [-0.25, -0.2) is 4.57 Å². The molecule has 0 aromatic rings. The minimum absolute atomic E-state index is 0.133. The summed E-state index contributed by atoms with van der Waals surface area (Å²) < 4.78 is 8.88. The van der Waals surface area contributed by atoms with E-state index in [1.165, 1.54) is 12.8 Å². The highest BCUT2D eigenvalue weighted by Crippen LogP contribution is 2.25. The largest absolute Gasteiger partial charge is 0.466 e. The van der Waals surface area contributed by atoms with Gasteiger partial charge in [-0.15, -0.1) is 0 Å². The molecule has 0 saturated heterocycles. The monoisotopic (exact) mass is 288 g/mol. The van der Waals surface area contributed by atoms with Gasteiger partial charge >= 0.3 is 7.82 Å². The summed E-state index contributed by atoms with van der Waals surface area (Å²) in [6.45, 7) is 1.74. The van der Waals surface area contributed by atoms with Gasteiger partial charge in [0.15, 0.2) is 0 Å². The van der Waals surface area contributed by atoms with Crippen molar-refractivity contribution < 1.29 is 34.6 Å². The van der Waals surface area contributed by atoms with Crippen LogP contribution in [-0.4, -0.2) is 49.8 Å². The third kappa shape index (κ3) is 14.1. The molecule has 0 unspecified atom stereocenters. The Hall–Kier alpha value is -0.0100. The van der Waals surface area contributed by atoms with Gasteiger partial charge in [-0.2, -0.15) is 0 Å². The van der Waals surface area contributed by atoms with Gasteiger partial charge in [-0.1, -0.05) is 32.6 Å². The maximum atomic E-state index is 9.01. The minimum Gasteiger partial charge on any atom is -0.396 e. The number of rotatable bonds is 8. The number of aliphatic hydroxyl groups excluding tert-OH is 3. The molecule has 0 aliphatic heterocycles. The van der Waals surface area contributed by atoms with Gasteiger partial charge in [-0.05, 0) is 6.42 Å². The minimum atomic E-state index is -4.64. The molecule has 0 rings (SSSR count). The Morgan fingerprint density at radius 1 is 0.889 bits per heavy atom. The highest BCUT2D eigenvalue weighted by molar-refractivity contribution is 7.45. The van der Waals surface area contributed by atoms with E-state index in [1.54, 1.807) is 0 Å². The molecule has 112 valence electrons. The molecular formula is C10H25O7P. The summed E-state index contributed by atoms with van der Waals surface area (Å²) in [6.07, 6.45) is 5.13. The Bertz CT molecular complexity index is 208. The lowest BCUT2D eigenvalue weighted by Crippen LogP contribution is -2.33. The van der Waals surface area contributed by atoms with Crippen molar-refractivity contribution in [1.82, 2.24) is 0 Å². The molecule has 0 saturated carbocycles. The second-order valence-electron chi connectivity index (χ2n) is 4.30. The lowest BCUT2D eigenvalue weighted by Gasteiger charge is -2.27. The van der Waals surface area contributed by atoms with Crippen LogP contribution >= 0.6 is 7.82 Å². The van der Waals surface area contributed by atoms with Gasteiger partial charge in [0.25, 0.3) is 0 Å². The summed E-state index contributed by atoms with van der Waals surface area (Å²) in [4.78, 5) is 21.6. The zero-order valence-corrected chi connectivity index (χ0v) is 11.6. The van der Waals surface area contributed by atoms with Gasteiger partial charge in [-0.3, -0.25) is 0 Å².